The SMILES string of the molecule is CO[C@H]1OC2=CC[C@H]3C(=O)N(c4ccccc4)C(=O)[C@H]3[C@H]2[C@H](OCc2ccccc2)[C@H]1OCc1ccccc1. The van der Waals surface area contributed by atoms with Crippen molar-refractivity contribution in [2.24, 2.45) is 17.8 Å². The molecule has 200 valence electrons. The maximum absolute atomic E-state index is 14.0. The predicted molar refractivity (Wildman–Crippen MR) is 144 cm³/mol. The minimum atomic E-state index is -0.731. The van der Waals surface area contributed by atoms with Gasteiger partial charge in [0.25, 0.3) is 0 Å². The number of fused-ring (bicyclic) bond motifs is 3. The van der Waals surface area contributed by atoms with E-state index < -0.39 is 36.3 Å². The molecule has 0 unspecified atom stereocenters. The Hall–Kier alpha value is -3.78. The average Bonchev–Trinajstić information content (AvgIpc) is 3.25. The Morgan fingerprint density at radius 2 is 1.31 bits per heavy atom. The lowest BCUT2D eigenvalue weighted by atomic mass is 9.71. The van der Waals surface area contributed by atoms with Gasteiger partial charge < -0.3 is 18.9 Å². The van der Waals surface area contributed by atoms with Crippen molar-refractivity contribution in [2.45, 2.75) is 38.1 Å². The van der Waals surface area contributed by atoms with Gasteiger partial charge in [0.05, 0.1) is 36.7 Å². The molecule has 7 heteroatoms. The number of methoxy groups -OCH3 is 1. The first-order valence-electron chi connectivity index (χ1n) is 13.3. The number of carbonyl (C=O) groups excluding carboxylic acids is 2. The summed E-state index contributed by atoms with van der Waals surface area (Å²) in [5.74, 6) is -1.42. The Balaban J connectivity index is 1.35. The second-order valence-electron chi connectivity index (χ2n) is 10.1. The molecule has 1 aliphatic carbocycles. The van der Waals surface area contributed by atoms with E-state index in [0.29, 0.717) is 31.1 Å². The molecule has 0 radical (unpaired) electrons. The average molecular weight is 526 g/mol. The summed E-state index contributed by atoms with van der Waals surface area (Å²) in [6, 6.07) is 28.8. The topological polar surface area (TPSA) is 74.3 Å². The molecule has 2 amide bonds. The zero-order valence-corrected chi connectivity index (χ0v) is 21.7. The number of para-hydroxylation sites is 1. The molecule has 2 fully saturated rings. The van der Waals surface area contributed by atoms with Gasteiger partial charge in [0.2, 0.25) is 18.1 Å². The van der Waals surface area contributed by atoms with Gasteiger partial charge in [0.1, 0.15) is 18.0 Å². The normalized spacial score (nSPS) is 27.9. The third kappa shape index (κ3) is 4.89. The van der Waals surface area contributed by atoms with Crippen LogP contribution >= 0.6 is 0 Å². The lowest BCUT2D eigenvalue weighted by Gasteiger charge is -2.46. The van der Waals surface area contributed by atoms with E-state index in [2.05, 4.69) is 0 Å². The maximum atomic E-state index is 14.0. The highest BCUT2D eigenvalue weighted by Gasteiger charge is 2.60. The number of anilines is 1. The number of hydrogen-bond donors (Lipinski definition) is 0. The van der Waals surface area contributed by atoms with Crippen molar-refractivity contribution in [3.05, 3.63) is 114 Å². The highest BCUT2D eigenvalue weighted by molar-refractivity contribution is 6.22. The van der Waals surface area contributed by atoms with Crippen molar-refractivity contribution in [3.63, 3.8) is 0 Å². The van der Waals surface area contributed by atoms with Crippen LogP contribution < -0.4 is 4.90 Å². The van der Waals surface area contributed by atoms with Crippen molar-refractivity contribution in [1.82, 2.24) is 0 Å². The fourth-order valence-corrected chi connectivity index (χ4v) is 5.93. The van der Waals surface area contributed by atoms with Crippen LogP contribution in [0.4, 0.5) is 5.69 Å². The molecule has 0 saturated carbocycles. The van der Waals surface area contributed by atoms with Gasteiger partial charge in [-0.2, -0.15) is 0 Å². The summed E-state index contributed by atoms with van der Waals surface area (Å²) in [5.41, 5.74) is 2.57. The van der Waals surface area contributed by atoms with Crippen LogP contribution in [0.3, 0.4) is 0 Å². The second-order valence-corrected chi connectivity index (χ2v) is 10.1. The molecule has 7 nitrogen and oxygen atoms in total. The molecule has 3 aromatic rings. The highest BCUT2D eigenvalue weighted by atomic mass is 16.7. The molecule has 6 rings (SSSR count). The smallest absolute Gasteiger partial charge is 0.238 e. The van der Waals surface area contributed by atoms with Gasteiger partial charge in [0, 0.05) is 7.11 Å². The largest absolute Gasteiger partial charge is 0.466 e. The number of amides is 2. The summed E-state index contributed by atoms with van der Waals surface area (Å²) in [4.78, 5) is 28.8. The quantitative estimate of drug-likeness (QED) is 0.391. The number of nitrogens with zero attached hydrogens (tertiary/aromatic N) is 1. The fraction of sp³-hybridized carbons (Fsp3) is 0.312. The first-order valence-corrected chi connectivity index (χ1v) is 13.3. The second kappa shape index (κ2) is 11.1. The van der Waals surface area contributed by atoms with Crippen LogP contribution in [-0.2, 0) is 41.8 Å². The van der Waals surface area contributed by atoms with Crippen molar-refractivity contribution in [2.75, 3.05) is 12.0 Å². The minimum Gasteiger partial charge on any atom is -0.466 e. The Kier molecular flexibility index (Phi) is 7.28. The Bertz CT molecular complexity index is 1330. The standard InChI is InChI=1S/C32H31NO6/c1-36-32-29(38-20-22-13-7-3-8-14-22)28(37-19-21-11-5-2-6-12-21)27-25(39-32)18-17-24-26(27)31(35)33(30(24)34)23-15-9-4-10-16-23/h2-16,18,24,26-29,32H,17,19-20H2,1H3/t24-,26-,27+,28+,29-,32+/m1/s1. The molecular weight excluding hydrogens is 494 g/mol. The number of rotatable bonds is 8. The number of benzene rings is 3. The van der Waals surface area contributed by atoms with Crippen LogP contribution in [0.25, 0.3) is 0 Å². The van der Waals surface area contributed by atoms with E-state index in [1.165, 1.54) is 4.90 Å². The first kappa shape index (κ1) is 25.5. The van der Waals surface area contributed by atoms with E-state index in [0.717, 1.165) is 11.1 Å². The van der Waals surface area contributed by atoms with Crippen LogP contribution in [0.5, 0.6) is 0 Å². The van der Waals surface area contributed by atoms with Gasteiger partial charge >= 0.3 is 0 Å². The van der Waals surface area contributed by atoms with Crippen molar-refractivity contribution < 1.29 is 28.5 Å². The predicted octanol–water partition coefficient (Wildman–Crippen LogP) is 4.87. The highest BCUT2D eigenvalue weighted by Crippen LogP contribution is 2.49. The summed E-state index contributed by atoms with van der Waals surface area (Å²) >= 11 is 0. The van der Waals surface area contributed by atoms with Gasteiger partial charge in [-0.1, -0.05) is 78.9 Å². The number of allylic oxidation sites excluding steroid dienone is 1. The van der Waals surface area contributed by atoms with E-state index in [4.69, 9.17) is 18.9 Å². The van der Waals surface area contributed by atoms with E-state index >= 15 is 0 Å². The maximum Gasteiger partial charge on any atom is 0.238 e. The molecule has 0 spiro atoms. The van der Waals surface area contributed by atoms with Crippen LogP contribution in [-0.4, -0.2) is 37.4 Å². The Labute approximate surface area is 227 Å². The van der Waals surface area contributed by atoms with Gasteiger partial charge in [-0.15, -0.1) is 0 Å². The lowest BCUT2D eigenvalue weighted by Crippen LogP contribution is -2.56. The molecule has 3 aliphatic rings. The number of hydrogen-bond acceptors (Lipinski definition) is 6. The van der Waals surface area contributed by atoms with E-state index in [1.54, 1.807) is 19.2 Å². The van der Waals surface area contributed by atoms with Crippen LogP contribution in [0.1, 0.15) is 17.5 Å². The van der Waals surface area contributed by atoms with Crippen molar-refractivity contribution >= 4 is 17.5 Å². The van der Waals surface area contributed by atoms with Crippen LogP contribution in [0.15, 0.2) is 103 Å². The monoisotopic (exact) mass is 525 g/mol. The molecule has 0 aromatic heterocycles. The summed E-state index contributed by atoms with van der Waals surface area (Å²) < 4.78 is 25.1. The first-order chi connectivity index (χ1) is 19.2. The van der Waals surface area contributed by atoms with Crippen molar-refractivity contribution in [3.8, 4) is 0 Å². The van der Waals surface area contributed by atoms with Gasteiger partial charge in [-0.25, -0.2) is 0 Å². The van der Waals surface area contributed by atoms with Crippen LogP contribution in [0.2, 0.25) is 0 Å². The van der Waals surface area contributed by atoms with E-state index in [1.807, 2.05) is 84.9 Å². The molecule has 0 N–H and O–H groups in total. The summed E-state index contributed by atoms with van der Waals surface area (Å²) in [5, 5.41) is 0. The molecule has 39 heavy (non-hydrogen) atoms. The molecule has 2 aliphatic heterocycles. The minimum absolute atomic E-state index is 0.191. The molecule has 2 saturated heterocycles. The van der Waals surface area contributed by atoms with E-state index in [-0.39, 0.29) is 11.8 Å². The Morgan fingerprint density at radius 1 is 0.744 bits per heavy atom. The summed E-state index contributed by atoms with van der Waals surface area (Å²) in [7, 11) is 1.58. The summed E-state index contributed by atoms with van der Waals surface area (Å²) in [6.07, 6.45) is 0.393. The third-order valence-corrected chi connectivity index (χ3v) is 7.78. The lowest BCUT2D eigenvalue weighted by molar-refractivity contribution is -0.260. The van der Waals surface area contributed by atoms with Gasteiger partial charge in [0.15, 0.2) is 0 Å². The van der Waals surface area contributed by atoms with E-state index in [9.17, 15) is 9.59 Å². The van der Waals surface area contributed by atoms with Gasteiger partial charge in [-0.05, 0) is 35.8 Å². The number of carbonyl (C=O) groups is 2. The summed E-state index contributed by atoms with van der Waals surface area (Å²) in [6.45, 7) is 0.641. The third-order valence-electron chi connectivity index (χ3n) is 7.78. The van der Waals surface area contributed by atoms with Gasteiger partial charge in [-0.3, -0.25) is 14.5 Å². The molecule has 0 bridgehead atoms. The fourth-order valence-electron chi connectivity index (χ4n) is 5.93. The Morgan fingerprint density at radius 3 is 1.90 bits per heavy atom. The zero-order chi connectivity index (χ0) is 26.8. The molecular formula is C32H31NO6. The molecule has 2 heterocycles. The number of ether oxygens (including phenoxy) is 4. The zero-order valence-electron chi connectivity index (χ0n) is 21.7. The van der Waals surface area contributed by atoms with Crippen molar-refractivity contribution in [1.29, 1.82) is 0 Å². The molecule has 6 atom stereocenters. The van der Waals surface area contributed by atoms with Crippen LogP contribution in [0, 0.1) is 17.8 Å². The number of imide groups is 1. The molecule has 3 aromatic carbocycles.